The molecule has 12 heteroatoms. The number of benzene rings is 4. The quantitative estimate of drug-likeness (QED) is 0.167. The maximum atomic E-state index is 11.1. The molecule has 198 valence electrons. The van der Waals surface area contributed by atoms with Gasteiger partial charge in [0.15, 0.2) is 0 Å². The molecule has 0 aromatic heterocycles. The lowest BCUT2D eigenvalue weighted by Crippen LogP contribution is -2.17. The summed E-state index contributed by atoms with van der Waals surface area (Å²) >= 11 is 0. The van der Waals surface area contributed by atoms with E-state index in [9.17, 15) is 30.4 Å². The van der Waals surface area contributed by atoms with E-state index in [0.717, 1.165) is 0 Å². The standard InChI is InChI=1S/C28H20N6O6/c35-25-13-11-23(33(37)38)15-21(25)17-29-31-27(19-7-3-1-4-8-19)28(20-9-5-2-6-10-20)32-30-18-22-16-24(34(39)40)12-14-26(22)36/h1-18,35-36H. The summed E-state index contributed by atoms with van der Waals surface area (Å²) in [5, 5.41) is 59.3. The number of hydrogen-bond donors (Lipinski definition) is 2. The van der Waals surface area contributed by atoms with Gasteiger partial charge in [0.05, 0.1) is 22.3 Å². The third kappa shape index (κ3) is 6.63. The lowest BCUT2D eigenvalue weighted by atomic mass is 10.00. The molecule has 4 aromatic rings. The van der Waals surface area contributed by atoms with Crippen LogP contribution in [0.1, 0.15) is 22.3 Å². The van der Waals surface area contributed by atoms with Crippen LogP contribution < -0.4 is 0 Å². The first-order valence-electron chi connectivity index (χ1n) is 11.6. The molecule has 0 atom stereocenters. The molecule has 0 amide bonds. The van der Waals surface area contributed by atoms with Gasteiger partial charge < -0.3 is 10.2 Å². The molecule has 4 aromatic carbocycles. The van der Waals surface area contributed by atoms with Crippen LogP contribution in [0.2, 0.25) is 0 Å². The molecule has 2 N–H and O–H groups in total. The number of non-ortho nitro benzene ring substituents is 2. The van der Waals surface area contributed by atoms with Crippen molar-refractivity contribution >= 4 is 35.2 Å². The molecule has 0 bridgehead atoms. The van der Waals surface area contributed by atoms with Gasteiger partial charge in [0.1, 0.15) is 22.9 Å². The van der Waals surface area contributed by atoms with Gasteiger partial charge in [-0.2, -0.15) is 10.2 Å². The van der Waals surface area contributed by atoms with Gasteiger partial charge in [-0.1, -0.05) is 60.7 Å². The lowest BCUT2D eigenvalue weighted by molar-refractivity contribution is -0.385. The second kappa shape index (κ2) is 12.5. The summed E-state index contributed by atoms with van der Waals surface area (Å²) < 4.78 is 0. The molecule has 0 fully saturated rings. The highest BCUT2D eigenvalue weighted by molar-refractivity contribution is 6.53. The van der Waals surface area contributed by atoms with Crippen LogP contribution in [0.15, 0.2) is 117 Å². The second-order valence-corrected chi connectivity index (χ2v) is 8.12. The maximum Gasteiger partial charge on any atom is 0.270 e. The van der Waals surface area contributed by atoms with Crippen molar-refractivity contribution in [3.8, 4) is 11.5 Å². The fourth-order valence-corrected chi connectivity index (χ4v) is 3.49. The number of nitro benzene ring substituents is 2. The van der Waals surface area contributed by atoms with Crippen LogP contribution in [-0.4, -0.2) is 43.9 Å². The highest BCUT2D eigenvalue weighted by atomic mass is 16.6. The fourth-order valence-electron chi connectivity index (χ4n) is 3.49. The van der Waals surface area contributed by atoms with Crippen molar-refractivity contribution in [3.63, 3.8) is 0 Å². The Morgan fingerprint density at radius 3 is 1.32 bits per heavy atom. The Morgan fingerprint density at radius 2 is 0.975 bits per heavy atom. The predicted molar refractivity (Wildman–Crippen MR) is 151 cm³/mol. The number of aromatic hydroxyl groups is 2. The monoisotopic (exact) mass is 536 g/mol. The van der Waals surface area contributed by atoms with E-state index in [-0.39, 0.29) is 45.4 Å². The molecule has 0 saturated carbocycles. The number of rotatable bonds is 9. The summed E-state index contributed by atoms with van der Waals surface area (Å²) in [4.78, 5) is 21.1. The van der Waals surface area contributed by atoms with Crippen LogP contribution in [0.25, 0.3) is 0 Å². The van der Waals surface area contributed by atoms with E-state index in [2.05, 4.69) is 20.4 Å². The summed E-state index contributed by atoms with van der Waals surface area (Å²) in [6, 6.07) is 24.9. The topological polar surface area (TPSA) is 176 Å². The third-order valence-corrected chi connectivity index (χ3v) is 5.47. The van der Waals surface area contributed by atoms with Crippen molar-refractivity contribution in [2.45, 2.75) is 0 Å². The van der Waals surface area contributed by atoms with Gasteiger partial charge >= 0.3 is 0 Å². The Labute approximate surface area is 226 Å². The molecule has 0 spiro atoms. The van der Waals surface area contributed by atoms with Crippen molar-refractivity contribution in [3.05, 3.63) is 140 Å². The minimum Gasteiger partial charge on any atom is -0.507 e. The molecule has 0 heterocycles. The lowest BCUT2D eigenvalue weighted by Gasteiger charge is -2.08. The zero-order valence-corrected chi connectivity index (χ0v) is 20.6. The van der Waals surface area contributed by atoms with Crippen LogP contribution in [0.5, 0.6) is 11.5 Å². The zero-order chi connectivity index (χ0) is 28.5. The van der Waals surface area contributed by atoms with Crippen LogP contribution in [0, 0.1) is 20.2 Å². The van der Waals surface area contributed by atoms with E-state index in [0.29, 0.717) is 11.1 Å². The maximum absolute atomic E-state index is 11.1. The third-order valence-electron chi connectivity index (χ3n) is 5.47. The average molecular weight is 537 g/mol. The van der Waals surface area contributed by atoms with E-state index >= 15 is 0 Å². The molecule has 0 saturated heterocycles. The van der Waals surface area contributed by atoms with Crippen molar-refractivity contribution in [2.75, 3.05) is 0 Å². The Balaban J connectivity index is 1.81. The first kappa shape index (κ1) is 27.0. The van der Waals surface area contributed by atoms with E-state index in [4.69, 9.17) is 0 Å². The summed E-state index contributed by atoms with van der Waals surface area (Å²) in [5.41, 5.74) is 1.48. The summed E-state index contributed by atoms with van der Waals surface area (Å²) in [5.74, 6) is -0.437. The summed E-state index contributed by atoms with van der Waals surface area (Å²) in [6.45, 7) is 0. The van der Waals surface area contributed by atoms with Crippen LogP contribution in [0.3, 0.4) is 0 Å². The summed E-state index contributed by atoms with van der Waals surface area (Å²) in [7, 11) is 0. The van der Waals surface area contributed by atoms with Crippen molar-refractivity contribution in [2.24, 2.45) is 20.4 Å². The molecule has 4 rings (SSSR count). The normalized spacial score (nSPS) is 12.2. The smallest absolute Gasteiger partial charge is 0.270 e. The molecule has 40 heavy (non-hydrogen) atoms. The van der Waals surface area contributed by atoms with Gasteiger partial charge in [0.25, 0.3) is 11.4 Å². The summed E-state index contributed by atoms with van der Waals surface area (Å²) in [6.07, 6.45) is 2.36. The molecule has 0 radical (unpaired) electrons. The minimum absolute atomic E-state index is 0.0859. The molecule has 0 aliphatic rings. The minimum atomic E-state index is -0.591. The average Bonchev–Trinajstić information content (AvgIpc) is 2.96. The Hall–Kier alpha value is -6.04. The molecular weight excluding hydrogens is 516 g/mol. The first-order valence-corrected chi connectivity index (χ1v) is 11.6. The van der Waals surface area contributed by atoms with Gasteiger partial charge in [-0.05, 0) is 12.1 Å². The molecule has 0 aliphatic carbocycles. The van der Waals surface area contributed by atoms with E-state index in [1.54, 1.807) is 48.5 Å². The van der Waals surface area contributed by atoms with Gasteiger partial charge in [-0.3, -0.25) is 20.2 Å². The highest BCUT2D eigenvalue weighted by Gasteiger charge is 2.16. The molecule has 0 unspecified atom stereocenters. The van der Waals surface area contributed by atoms with Crippen molar-refractivity contribution in [1.29, 1.82) is 0 Å². The largest absolute Gasteiger partial charge is 0.507 e. The molecule has 0 aliphatic heterocycles. The van der Waals surface area contributed by atoms with Gasteiger partial charge in [0, 0.05) is 46.5 Å². The Kier molecular flexibility index (Phi) is 8.42. The number of phenolic OH excluding ortho intramolecular Hbond substituents is 2. The number of hydrogen-bond acceptors (Lipinski definition) is 10. The first-order chi connectivity index (χ1) is 19.3. The van der Waals surface area contributed by atoms with Crippen molar-refractivity contribution in [1.82, 2.24) is 0 Å². The SMILES string of the molecule is O=[N+]([O-])c1ccc(O)c(C=NN=C(C(=NN=Cc2cc([N+](=O)[O-])ccc2O)c2ccccc2)c2ccccc2)c1. The van der Waals surface area contributed by atoms with Crippen molar-refractivity contribution < 1.29 is 20.1 Å². The van der Waals surface area contributed by atoms with E-state index < -0.39 is 9.85 Å². The fraction of sp³-hybridized carbons (Fsp3) is 0. The van der Waals surface area contributed by atoms with Gasteiger partial charge in [-0.25, -0.2) is 0 Å². The number of phenols is 2. The van der Waals surface area contributed by atoms with Gasteiger partial charge in [-0.15, -0.1) is 10.2 Å². The molecule has 12 nitrogen and oxygen atoms in total. The number of nitrogens with zero attached hydrogens (tertiary/aromatic N) is 6. The number of nitro groups is 2. The van der Waals surface area contributed by atoms with E-state index in [1.807, 2.05) is 12.1 Å². The Bertz CT molecular complexity index is 1540. The van der Waals surface area contributed by atoms with Crippen LogP contribution >= 0.6 is 0 Å². The zero-order valence-electron chi connectivity index (χ0n) is 20.6. The van der Waals surface area contributed by atoms with E-state index in [1.165, 1.54) is 48.8 Å². The highest BCUT2D eigenvalue weighted by Crippen LogP contribution is 2.22. The Morgan fingerprint density at radius 1 is 0.600 bits per heavy atom. The second-order valence-electron chi connectivity index (χ2n) is 8.12. The predicted octanol–water partition coefficient (Wildman–Crippen LogP) is 5.26. The van der Waals surface area contributed by atoms with Crippen LogP contribution in [0.4, 0.5) is 11.4 Å². The van der Waals surface area contributed by atoms with Crippen LogP contribution in [-0.2, 0) is 0 Å². The molecular formula is C28H20N6O6. The van der Waals surface area contributed by atoms with Gasteiger partial charge in [0.2, 0.25) is 0 Å².